The molecule has 1 amide bonds. The maximum absolute atomic E-state index is 12.1. The highest BCUT2D eigenvalue weighted by molar-refractivity contribution is 5.68. The zero-order chi connectivity index (χ0) is 14.5. The molecule has 0 spiro atoms. The maximum atomic E-state index is 12.1. The maximum Gasteiger partial charge on any atom is 0.410 e. The van der Waals surface area contributed by atoms with Gasteiger partial charge in [-0.1, -0.05) is 30.3 Å². The molecule has 19 heavy (non-hydrogen) atoms. The Balaban J connectivity index is 2.74. The molecule has 0 unspecified atom stereocenters. The molecule has 1 atom stereocenters. The fourth-order valence-electron chi connectivity index (χ4n) is 1.68. The van der Waals surface area contributed by atoms with Gasteiger partial charge in [0.1, 0.15) is 5.60 Å². The van der Waals surface area contributed by atoms with Crippen LogP contribution in [0.1, 0.15) is 33.3 Å². The van der Waals surface area contributed by atoms with E-state index in [-0.39, 0.29) is 12.1 Å². The van der Waals surface area contributed by atoms with Crippen molar-refractivity contribution in [1.82, 2.24) is 4.90 Å². The smallest absolute Gasteiger partial charge is 0.410 e. The van der Waals surface area contributed by atoms with E-state index < -0.39 is 5.60 Å². The first kappa shape index (κ1) is 15.5. The molecule has 1 rings (SSSR count). The first-order valence-electron chi connectivity index (χ1n) is 6.55. The Labute approximate surface area is 115 Å². The van der Waals surface area contributed by atoms with Crippen molar-refractivity contribution in [3.05, 3.63) is 35.9 Å². The number of amides is 1. The summed E-state index contributed by atoms with van der Waals surface area (Å²) in [5, 5.41) is 0. The zero-order valence-electron chi connectivity index (χ0n) is 12.2. The number of carbonyl (C=O) groups excluding carboxylic acids is 1. The van der Waals surface area contributed by atoms with Gasteiger partial charge < -0.3 is 15.4 Å². The van der Waals surface area contributed by atoms with Gasteiger partial charge in [-0.15, -0.1) is 0 Å². The third-order valence-electron chi connectivity index (χ3n) is 2.38. The van der Waals surface area contributed by atoms with Gasteiger partial charge in [0.25, 0.3) is 0 Å². The van der Waals surface area contributed by atoms with E-state index in [1.54, 1.807) is 4.90 Å². The number of nitrogens with two attached hydrogens (primary N) is 1. The summed E-state index contributed by atoms with van der Waals surface area (Å²) in [6.45, 7) is 8.44. The number of ether oxygens (including phenoxy) is 1. The van der Waals surface area contributed by atoms with Crippen LogP contribution >= 0.6 is 0 Å². The molecule has 0 aliphatic heterocycles. The Morgan fingerprint density at radius 2 is 1.89 bits per heavy atom. The van der Waals surface area contributed by atoms with Crippen LogP contribution in [-0.4, -0.2) is 29.2 Å². The summed E-state index contributed by atoms with van der Waals surface area (Å²) in [7, 11) is 0. The van der Waals surface area contributed by atoms with Crippen LogP contribution in [0.3, 0.4) is 0 Å². The Hall–Kier alpha value is -1.55. The van der Waals surface area contributed by atoms with Gasteiger partial charge in [-0.2, -0.15) is 0 Å². The monoisotopic (exact) mass is 264 g/mol. The van der Waals surface area contributed by atoms with Gasteiger partial charge in [0.05, 0.1) is 0 Å². The van der Waals surface area contributed by atoms with Crippen LogP contribution in [-0.2, 0) is 11.3 Å². The minimum atomic E-state index is -0.496. The summed E-state index contributed by atoms with van der Waals surface area (Å²) in [6, 6.07) is 9.74. The number of hydrogen-bond acceptors (Lipinski definition) is 3. The van der Waals surface area contributed by atoms with E-state index in [4.69, 9.17) is 10.5 Å². The molecular formula is C15H24N2O2. The summed E-state index contributed by atoms with van der Waals surface area (Å²) in [5.41, 5.74) is 6.37. The van der Waals surface area contributed by atoms with Crippen LogP contribution in [0.15, 0.2) is 30.3 Å². The molecule has 0 radical (unpaired) electrons. The summed E-state index contributed by atoms with van der Waals surface area (Å²) < 4.78 is 5.40. The van der Waals surface area contributed by atoms with Crippen molar-refractivity contribution in [3.63, 3.8) is 0 Å². The Bertz CT molecular complexity index is 396. The SMILES string of the molecule is C[C@@H](N)CN(Cc1ccccc1)C(=O)OC(C)(C)C. The molecule has 106 valence electrons. The van der Waals surface area contributed by atoms with Gasteiger partial charge in [-0.25, -0.2) is 4.79 Å². The second-order valence-electron chi connectivity index (χ2n) is 5.82. The summed E-state index contributed by atoms with van der Waals surface area (Å²) in [5.74, 6) is 0. The highest BCUT2D eigenvalue weighted by atomic mass is 16.6. The van der Waals surface area contributed by atoms with E-state index in [2.05, 4.69) is 0 Å². The molecule has 1 aromatic rings. The fourth-order valence-corrected chi connectivity index (χ4v) is 1.68. The van der Waals surface area contributed by atoms with Crippen molar-refractivity contribution in [1.29, 1.82) is 0 Å². The molecule has 0 aromatic heterocycles. The van der Waals surface area contributed by atoms with E-state index in [1.165, 1.54) is 0 Å². The number of benzene rings is 1. The third-order valence-corrected chi connectivity index (χ3v) is 2.38. The van der Waals surface area contributed by atoms with Crippen molar-refractivity contribution >= 4 is 6.09 Å². The molecule has 0 saturated carbocycles. The average molecular weight is 264 g/mol. The first-order valence-corrected chi connectivity index (χ1v) is 6.55. The topological polar surface area (TPSA) is 55.6 Å². The molecular weight excluding hydrogens is 240 g/mol. The second kappa shape index (κ2) is 6.57. The number of hydrogen-bond donors (Lipinski definition) is 1. The largest absolute Gasteiger partial charge is 0.444 e. The first-order chi connectivity index (χ1) is 8.78. The average Bonchev–Trinajstić information content (AvgIpc) is 2.26. The lowest BCUT2D eigenvalue weighted by Crippen LogP contribution is -2.42. The normalized spacial score (nSPS) is 12.9. The third kappa shape index (κ3) is 6.25. The van der Waals surface area contributed by atoms with E-state index in [9.17, 15) is 4.79 Å². The highest BCUT2D eigenvalue weighted by Crippen LogP contribution is 2.12. The minimum Gasteiger partial charge on any atom is -0.444 e. The molecule has 0 aliphatic carbocycles. The molecule has 2 N–H and O–H groups in total. The van der Waals surface area contributed by atoms with Gasteiger partial charge in [0.2, 0.25) is 0 Å². The lowest BCUT2D eigenvalue weighted by atomic mass is 10.2. The molecule has 1 aromatic carbocycles. The van der Waals surface area contributed by atoms with Gasteiger partial charge in [-0.3, -0.25) is 0 Å². The van der Waals surface area contributed by atoms with Gasteiger partial charge in [0.15, 0.2) is 0 Å². The predicted octanol–water partition coefficient (Wildman–Crippen LogP) is 2.77. The van der Waals surface area contributed by atoms with Crippen molar-refractivity contribution < 1.29 is 9.53 Å². The molecule has 0 fully saturated rings. The van der Waals surface area contributed by atoms with E-state index in [0.717, 1.165) is 5.56 Å². The Kier molecular flexibility index (Phi) is 5.36. The van der Waals surface area contributed by atoms with E-state index in [0.29, 0.717) is 13.1 Å². The van der Waals surface area contributed by atoms with Crippen molar-refractivity contribution in [2.24, 2.45) is 5.73 Å². The predicted molar refractivity (Wildman–Crippen MR) is 76.7 cm³/mol. The van der Waals surface area contributed by atoms with Crippen LogP contribution in [0.2, 0.25) is 0 Å². The van der Waals surface area contributed by atoms with Crippen molar-refractivity contribution in [2.75, 3.05) is 6.54 Å². The van der Waals surface area contributed by atoms with Gasteiger partial charge in [0, 0.05) is 19.1 Å². The number of rotatable bonds is 4. The zero-order valence-corrected chi connectivity index (χ0v) is 12.2. The summed E-state index contributed by atoms with van der Waals surface area (Å²) in [4.78, 5) is 13.8. The lowest BCUT2D eigenvalue weighted by molar-refractivity contribution is 0.0225. The number of nitrogens with zero attached hydrogens (tertiary/aromatic N) is 1. The summed E-state index contributed by atoms with van der Waals surface area (Å²) >= 11 is 0. The minimum absolute atomic E-state index is 0.0868. The van der Waals surface area contributed by atoms with Crippen molar-refractivity contribution in [3.8, 4) is 0 Å². The Morgan fingerprint density at radius 1 is 1.32 bits per heavy atom. The van der Waals surface area contributed by atoms with Gasteiger partial charge in [-0.05, 0) is 33.3 Å². The molecule has 0 heterocycles. The highest BCUT2D eigenvalue weighted by Gasteiger charge is 2.22. The van der Waals surface area contributed by atoms with E-state index >= 15 is 0 Å². The van der Waals surface area contributed by atoms with Crippen LogP contribution in [0, 0.1) is 0 Å². The van der Waals surface area contributed by atoms with Crippen LogP contribution in [0.5, 0.6) is 0 Å². The van der Waals surface area contributed by atoms with E-state index in [1.807, 2.05) is 58.0 Å². The molecule has 4 heteroatoms. The standard InChI is InChI=1S/C15H24N2O2/c1-12(16)10-17(14(18)19-15(2,3)4)11-13-8-6-5-7-9-13/h5-9,12H,10-11,16H2,1-4H3/t12-/m1/s1. The molecule has 0 bridgehead atoms. The quantitative estimate of drug-likeness (QED) is 0.909. The molecule has 0 saturated heterocycles. The lowest BCUT2D eigenvalue weighted by Gasteiger charge is -2.28. The van der Waals surface area contributed by atoms with Crippen LogP contribution in [0.25, 0.3) is 0 Å². The Morgan fingerprint density at radius 3 is 2.37 bits per heavy atom. The fraction of sp³-hybridized carbons (Fsp3) is 0.533. The molecule has 0 aliphatic rings. The van der Waals surface area contributed by atoms with Crippen LogP contribution < -0.4 is 5.73 Å². The second-order valence-corrected chi connectivity index (χ2v) is 5.82. The van der Waals surface area contributed by atoms with Crippen molar-refractivity contribution in [2.45, 2.75) is 45.9 Å². The van der Waals surface area contributed by atoms with Crippen LogP contribution in [0.4, 0.5) is 4.79 Å². The van der Waals surface area contributed by atoms with Gasteiger partial charge >= 0.3 is 6.09 Å². The number of carbonyl (C=O) groups is 1. The molecule has 4 nitrogen and oxygen atoms in total. The summed E-state index contributed by atoms with van der Waals surface area (Å²) in [6.07, 6.45) is -0.325.